The first-order chi connectivity index (χ1) is 9.41. The molecule has 0 aromatic carbocycles. The first kappa shape index (κ1) is 17.0. The lowest BCUT2D eigenvalue weighted by Crippen LogP contribution is -2.42. The van der Waals surface area contributed by atoms with Crippen LogP contribution in [0.4, 0.5) is 0 Å². The van der Waals surface area contributed by atoms with Gasteiger partial charge in [0.1, 0.15) is 0 Å². The molecule has 0 aliphatic carbocycles. The van der Waals surface area contributed by atoms with Gasteiger partial charge in [-0.05, 0) is 51.6 Å². The van der Waals surface area contributed by atoms with Gasteiger partial charge < -0.3 is 16.0 Å². The van der Waals surface area contributed by atoms with Crippen molar-refractivity contribution in [1.82, 2.24) is 16.0 Å². The van der Waals surface area contributed by atoms with Gasteiger partial charge in [0, 0.05) is 25.4 Å². The van der Waals surface area contributed by atoms with Crippen LogP contribution < -0.4 is 16.0 Å². The molecule has 5 nitrogen and oxygen atoms in total. The van der Waals surface area contributed by atoms with Crippen LogP contribution in [0.25, 0.3) is 0 Å². The van der Waals surface area contributed by atoms with Gasteiger partial charge in [-0.25, -0.2) is 0 Å². The second-order valence-electron chi connectivity index (χ2n) is 6.41. The summed E-state index contributed by atoms with van der Waals surface area (Å²) in [5.74, 6) is 0.0835. The topological polar surface area (TPSA) is 70.2 Å². The lowest BCUT2D eigenvalue weighted by Gasteiger charge is -2.34. The van der Waals surface area contributed by atoms with E-state index >= 15 is 0 Å². The summed E-state index contributed by atoms with van der Waals surface area (Å²) < 4.78 is 0. The van der Waals surface area contributed by atoms with Crippen LogP contribution in [0.1, 0.15) is 52.9 Å². The van der Waals surface area contributed by atoms with Crippen LogP contribution in [0.5, 0.6) is 0 Å². The molecule has 0 spiro atoms. The van der Waals surface area contributed by atoms with Crippen LogP contribution in [0.2, 0.25) is 0 Å². The molecule has 1 heterocycles. The molecule has 0 aromatic rings. The Kier molecular flexibility index (Phi) is 6.99. The van der Waals surface area contributed by atoms with Crippen LogP contribution in [0.15, 0.2) is 0 Å². The van der Waals surface area contributed by atoms with Gasteiger partial charge in [0.05, 0.1) is 0 Å². The van der Waals surface area contributed by atoms with Crippen molar-refractivity contribution in [1.29, 1.82) is 0 Å². The Morgan fingerprint density at radius 3 is 2.35 bits per heavy atom. The Balaban J connectivity index is 2.12. The predicted octanol–water partition coefficient (Wildman–Crippen LogP) is 1.19. The molecule has 0 atom stereocenters. The van der Waals surface area contributed by atoms with Crippen LogP contribution in [-0.2, 0) is 9.59 Å². The van der Waals surface area contributed by atoms with Crippen LogP contribution >= 0.6 is 0 Å². The zero-order valence-electron chi connectivity index (χ0n) is 13.1. The summed E-state index contributed by atoms with van der Waals surface area (Å²) >= 11 is 0. The van der Waals surface area contributed by atoms with E-state index in [1.807, 2.05) is 13.8 Å². The fraction of sp³-hybridized carbons (Fsp3) is 0.867. The molecule has 0 saturated carbocycles. The van der Waals surface area contributed by atoms with Crippen molar-refractivity contribution in [3.05, 3.63) is 0 Å². The molecule has 20 heavy (non-hydrogen) atoms. The third-order valence-corrected chi connectivity index (χ3v) is 3.78. The molecule has 1 aliphatic heterocycles. The lowest BCUT2D eigenvalue weighted by molar-refractivity contribution is -0.123. The molecule has 0 unspecified atom stereocenters. The molecule has 1 rings (SSSR count). The van der Waals surface area contributed by atoms with Gasteiger partial charge in [-0.1, -0.05) is 6.92 Å². The SMILES string of the molecule is CC(C)NC(=O)CCCC(=O)NCC1(C)CCNCC1. The lowest BCUT2D eigenvalue weighted by atomic mass is 9.81. The number of hydrogen-bond acceptors (Lipinski definition) is 3. The van der Waals surface area contributed by atoms with Gasteiger partial charge in [0.2, 0.25) is 11.8 Å². The molecule has 5 heteroatoms. The minimum Gasteiger partial charge on any atom is -0.356 e. The summed E-state index contributed by atoms with van der Waals surface area (Å²) in [5, 5.41) is 9.17. The minimum atomic E-state index is 0.0260. The third-order valence-electron chi connectivity index (χ3n) is 3.78. The first-order valence-electron chi connectivity index (χ1n) is 7.68. The number of rotatable bonds is 7. The van der Waals surface area contributed by atoms with Crippen molar-refractivity contribution in [2.45, 2.75) is 58.9 Å². The molecular formula is C15H29N3O2. The van der Waals surface area contributed by atoms with Crippen LogP contribution in [0.3, 0.4) is 0 Å². The van der Waals surface area contributed by atoms with E-state index in [1.165, 1.54) is 0 Å². The van der Waals surface area contributed by atoms with E-state index in [0.717, 1.165) is 32.5 Å². The average Bonchev–Trinajstić information content (AvgIpc) is 2.36. The van der Waals surface area contributed by atoms with E-state index in [9.17, 15) is 9.59 Å². The highest BCUT2D eigenvalue weighted by Gasteiger charge is 2.26. The molecule has 0 aromatic heterocycles. The van der Waals surface area contributed by atoms with Crippen LogP contribution in [0, 0.1) is 5.41 Å². The van der Waals surface area contributed by atoms with Crippen molar-refractivity contribution in [3.8, 4) is 0 Å². The maximum Gasteiger partial charge on any atom is 0.220 e. The second-order valence-corrected chi connectivity index (χ2v) is 6.41. The molecule has 0 bridgehead atoms. The van der Waals surface area contributed by atoms with E-state index < -0.39 is 0 Å². The van der Waals surface area contributed by atoms with Crippen LogP contribution in [-0.4, -0.2) is 37.5 Å². The Morgan fingerprint density at radius 1 is 1.15 bits per heavy atom. The number of carbonyl (C=O) groups excluding carboxylic acids is 2. The van der Waals surface area contributed by atoms with Gasteiger partial charge in [-0.15, -0.1) is 0 Å². The fourth-order valence-corrected chi connectivity index (χ4v) is 2.41. The summed E-state index contributed by atoms with van der Waals surface area (Å²) in [6.45, 7) is 8.90. The zero-order chi connectivity index (χ0) is 15.0. The minimum absolute atomic E-state index is 0.0260. The standard InChI is InChI=1S/C15H29N3O2/c1-12(2)18-14(20)6-4-5-13(19)17-11-15(3)7-9-16-10-8-15/h12,16H,4-11H2,1-3H3,(H,17,19)(H,18,20). The Bertz CT molecular complexity index is 323. The maximum absolute atomic E-state index is 11.8. The average molecular weight is 283 g/mol. The summed E-state index contributed by atoms with van der Waals surface area (Å²) in [4.78, 5) is 23.2. The van der Waals surface area contributed by atoms with Crippen molar-refractivity contribution in [2.75, 3.05) is 19.6 Å². The van der Waals surface area contributed by atoms with E-state index in [2.05, 4.69) is 22.9 Å². The summed E-state index contributed by atoms with van der Waals surface area (Å²) in [7, 11) is 0. The first-order valence-corrected chi connectivity index (χ1v) is 7.68. The van der Waals surface area contributed by atoms with E-state index in [-0.39, 0.29) is 23.3 Å². The number of nitrogens with one attached hydrogen (secondary N) is 3. The van der Waals surface area contributed by atoms with Crippen molar-refractivity contribution in [2.24, 2.45) is 5.41 Å². The maximum atomic E-state index is 11.8. The zero-order valence-corrected chi connectivity index (χ0v) is 13.1. The number of carbonyl (C=O) groups is 2. The Morgan fingerprint density at radius 2 is 1.75 bits per heavy atom. The Labute approximate surface area is 122 Å². The van der Waals surface area contributed by atoms with Gasteiger partial charge in [0.25, 0.3) is 0 Å². The van der Waals surface area contributed by atoms with Gasteiger partial charge >= 0.3 is 0 Å². The third kappa shape index (κ3) is 6.89. The normalized spacial score (nSPS) is 17.8. The monoisotopic (exact) mass is 283 g/mol. The summed E-state index contributed by atoms with van der Waals surface area (Å²) in [6.07, 6.45) is 3.67. The molecular weight excluding hydrogens is 254 g/mol. The van der Waals surface area contributed by atoms with Gasteiger partial charge in [-0.2, -0.15) is 0 Å². The molecule has 3 N–H and O–H groups in total. The quantitative estimate of drug-likeness (QED) is 0.657. The smallest absolute Gasteiger partial charge is 0.220 e. The predicted molar refractivity (Wildman–Crippen MR) is 80.4 cm³/mol. The van der Waals surface area contributed by atoms with Gasteiger partial charge in [-0.3, -0.25) is 9.59 Å². The van der Waals surface area contributed by atoms with Crippen molar-refractivity contribution < 1.29 is 9.59 Å². The van der Waals surface area contributed by atoms with E-state index in [4.69, 9.17) is 0 Å². The van der Waals surface area contributed by atoms with Crippen molar-refractivity contribution in [3.63, 3.8) is 0 Å². The molecule has 2 amide bonds. The highest BCUT2D eigenvalue weighted by Crippen LogP contribution is 2.26. The molecule has 0 radical (unpaired) electrons. The summed E-state index contributed by atoms with van der Waals surface area (Å²) in [5.41, 5.74) is 0.218. The second kappa shape index (κ2) is 8.25. The van der Waals surface area contributed by atoms with Gasteiger partial charge in [0.15, 0.2) is 0 Å². The molecule has 116 valence electrons. The number of amides is 2. The Hall–Kier alpha value is -1.10. The number of hydrogen-bond donors (Lipinski definition) is 3. The highest BCUT2D eigenvalue weighted by atomic mass is 16.2. The molecule has 1 saturated heterocycles. The number of piperidine rings is 1. The van der Waals surface area contributed by atoms with Crippen molar-refractivity contribution >= 4 is 11.8 Å². The van der Waals surface area contributed by atoms with E-state index in [0.29, 0.717) is 19.3 Å². The summed E-state index contributed by atoms with van der Waals surface area (Å²) in [6, 6.07) is 0.163. The fourth-order valence-electron chi connectivity index (χ4n) is 2.41. The molecule has 1 fully saturated rings. The molecule has 1 aliphatic rings. The highest BCUT2D eigenvalue weighted by molar-refractivity contribution is 5.78. The van der Waals surface area contributed by atoms with E-state index in [1.54, 1.807) is 0 Å². The largest absolute Gasteiger partial charge is 0.356 e.